The van der Waals surface area contributed by atoms with Crippen molar-refractivity contribution in [3.8, 4) is 0 Å². The van der Waals surface area contributed by atoms with E-state index in [-0.39, 0.29) is 5.82 Å². The molecule has 1 saturated carbocycles. The molecule has 7 nitrogen and oxygen atoms in total. The third kappa shape index (κ3) is 2.96. The molecule has 0 aromatic carbocycles. The topological polar surface area (TPSA) is 85.4 Å². The van der Waals surface area contributed by atoms with Crippen LogP contribution in [0, 0.1) is 16.0 Å². The number of hydrogen-bond donors (Lipinski definition) is 1. The van der Waals surface area contributed by atoms with Crippen LogP contribution in [0.2, 0.25) is 0 Å². The molecule has 0 bridgehead atoms. The van der Waals surface area contributed by atoms with Crippen LogP contribution in [0.5, 0.6) is 0 Å². The van der Waals surface area contributed by atoms with Gasteiger partial charge in [0.2, 0.25) is 5.65 Å². The maximum Gasteiger partial charge on any atom is 0.368 e. The molecule has 1 aliphatic carbocycles. The summed E-state index contributed by atoms with van der Waals surface area (Å²) in [4.78, 5) is 14.5. The van der Waals surface area contributed by atoms with Gasteiger partial charge in [0, 0.05) is 12.1 Å². The Morgan fingerprint density at radius 3 is 3.00 bits per heavy atom. The Morgan fingerprint density at radius 2 is 2.19 bits per heavy atom. The summed E-state index contributed by atoms with van der Waals surface area (Å²) in [6.07, 6.45) is 7.18. The zero-order chi connectivity index (χ0) is 14.8. The molecule has 2 atom stereocenters. The lowest BCUT2D eigenvalue weighted by Crippen LogP contribution is -2.19. The van der Waals surface area contributed by atoms with Gasteiger partial charge in [0.15, 0.2) is 5.82 Å². The number of fused-ring (bicyclic) bond motifs is 1. The predicted molar refractivity (Wildman–Crippen MR) is 79.3 cm³/mol. The summed E-state index contributed by atoms with van der Waals surface area (Å²) in [5.74, 6) is 1.34. The number of imidazole rings is 1. The summed E-state index contributed by atoms with van der Waals surface area (Å²) in [7, 11) is 0. The largest absolute Gasteiger partial charge is 0.368 e. The van der Waals surface area contributed by atoms with E-state index in [1.165, 1.54) is 30.0 Å². The molecule has 2 heterocycles. The van der Waals surface area contributed by atoms with Gasteiger partial charge in [-0.1, -0.05) is 29.4 Å². The van der Waals surface area contributed by atoms with Gasteiger partial charge in [0.1, 0.15) is 6.20 Å². The van der Waals surface area contributed by atoms with Crippen molar-refractivity contribution >= 4 is 17.3 Å². The van der Waals surface area contributed by atoms with Crippen LogP contribution in [0.1, 0.15) is 39.0 Å². The van der Waals surface area contributed by atoms with Gasteiger partial charge >= 0.3 is 5.82 Å². The number of nitrogens with zero attached hydrogens (tertiary/aromatic N) is 4. The van der Waals surface area contributed by atoms with Gasteiger partial charge in [-0.25, -0.2) is 4.98 Å². The Bertz CT molecular complexity index is 654. The highest BCUT2D eigenvalue weighted by Gasteiger charge is 2.19. The first-order valence-electron chi connectivity index (χ1n) is 7.39. The molecule has 112 valence electrons. The highest BCUT2D eigenvalue weighted by molar-refractivity contribution is 5.48. The minimum atomic E-state index is -0.468. The van der Waals surface area contributed by atoms with Crippen LogP contribution < -0.4 is 5.32 Å². The van der Waals surface area contributed by atoms with E-state index in [2.05, 4.69) is 22.3 Å². The second-order valence-electron chi connectivity index (χ2n) is 5.82. The molecule has 3 rings (SSSR count). The van der Waals surface area contributed by atoms with Crippen molar-refractivity contribution in [2.75, 3.05) is 5.32 Å². The van der Waals surface area contributed by atoms with E-state index in [9.17, 15) is 10.1 Å². The van der Waals surface area contributed by atoms with E-state index in [1.54, 1.807) is 6.07 Å². The average Bonchev–Trinajstić information content (AvgIpc) is 2.77. The molecule has 2 aromatic heterocycles. The van der Waals surface area contributed by atoms with Crippen LogP contribution in [0.4, 0.5) is 11.6 Å². The van der Waals surface area contributed by atoms with Crippen molar-refractivity contribution in [1.29, 1.82) is 0 Å². The van der Waals surface area contributed by atoms with Crippen molar-refractivity contribution in [2.45, 2.75) is 45.1 Å². The van der Waals surface area contributed by atoms with Crippen molar-refractivity contribution in [1.82, 2.24) is 14.6 Å². The number of rotatable bonds is 3. The first-order chi connectivity index (χ1) is 10.1. The van der Waals surface area contributed by atoms with Gasteiger partial charge in [-0.3, -0.25) is 0 Å². The quantitative estimate of drug-likeness (QED) is 0.533. The van der Waals surface area contributed by atoms with Gasteiger partial charge in [-0.05, 0) is 36.2 Å². The normalized spacial score (nSPS) is 22.9. The van der Waals surface area contributed by atoms with E-state index in [0.717, 1.165) is 18.8 Å². The molecule has 0 spiro atoms. The van der Waals surface area contributed by atoms with Crippen LogP contribution in [0.25, 0.3) is 5.65 Å². The molecule has 0 radical (unpaired) electrons. The Morgan fingerprint density at radius 1 is 1.33 bits per heavy atom. The summed E-state index contributed by atoms with van der Waals surface area (Å²) in [6, 6.07) is 3.98. The Hall–Kier alpha value is -2.18. The number of hydrogen-bond acceptors (Lipinski definition) is 5. The number of anilines is 1. The summed E-state index contributed by atoms with van der Waals surface area (Å²) in [5, 5.41) is 18.7. The second-order valence-corrected chi connectivity index (χ2v) is 5.82. The van der Waals surface area contributed by atoms with Crippen molar-refractivity contribution in [3.05, 3.63) is 28.4 Å². The van der Waals surface area contributed by atoms with Gasteiger partial charge in [0.05, 0.1) is 0 Å². The lowest BCUT2D eigenvalue weighted by Gasteiger charge is -2.16. The van der Waals surface area contributed by atoms with E-state index in [1.807, 2.05) is 6.07 Å². The summed E-state index contributed by atoms with van der Waals surface area (Å²) in [6.45, 7) is 2.29. The van der Waals surface area contributed by atoms with E-state index in [0.29, 0.717) is 17.5 Å². The first kappa shape index (κ1) is 13.8. The van der Waals surface area contributed by atoms with Gasteiger partial charge in [-0.15, -0.1) is 0 Å². The molecular weight excluding hydrogens is 270 g/mol. The highest BCUT2D eigenvalue weighted by Crippen LogP contribution is 2.25. The van der Waals surface area contributed by atoms with Crippen molar-refractivity contribution in [2.24, 2.45) is 5.92 Å². The molecule has 1 aliphatic rings. The summed E-state index contributed by atoms with van der Waals surface area (Å²) < 4.78 is 1.28. The smallest absolute Gasteiger partial charge is 0.364 e. The monoisotopic (exact) mass is 289 g/mol. The molecule has 1 N–H and O–H groups in total. The fraction of sp³-hybridized carbons (Fsp3) is 0.571. The third-order valence-corrected chi connectivity index (χ3v) is 4.14. The van der Waals surface area contributed by atoms with Gasteiger partial charge in [-0.2, -0.15) is 0 Å². The fourth-order valence-corrected chi connectivity index (χ4v) is 2.90. The minimum absolute atomic E-state index is 0.108. The third-order valence-electron chi connectivity index (χ3n) is 4.14. The van der Waals surface area contributed by atoms with E-state index >= 15 is 0 Å². The van der Waals surface area contributed by atoms with Gasteiger partial charge < -0.3 is 15.4 Å². The molecule has 2 aromatic rings. The first-order valence-corrected chi connectivity index (χ1v) is 7.39. The molecular formula is C14H19N5O2. The van der Waals surface area contributed by atoms with Crippen LogP contribution >= 0.6 is 0 Å². The fourth-order valence-electron chi connectivity index (χ4n) is 2.90. The number of aromatic nitrogens is 3. The van der Waals surface area contributed by atoms with E-state index < -0.39 is 4.92 Å². The van der Waals surface area contributed by atoms with Crippen LogP contribution in [-0.4, -0.2) is 25.6 Å². The van der Waals surface area contributed by atoms with Crippen molar-refractivity contribution < 1.29 is 4.92 Å². The molecule has 21 heavy (non-hydrogen) atoms. The molecule has 2 unspecified atom stereocenters. The molecule has 0 amide bonds. The Labute approximate surface area is 122 Å². The molecule has 7 heteroatoms. The zero-order valence-electron chi connectivity index (χ0n) is 12.0. The maximum absolute atomic E-state index is 10.9. The predicted octanol–water partition coefficient (Wildman–Crippen LogP) is 3.02. The maximum atomic E-state index is 10.9. The molecule has 0 saturated heterocycles. The zero-order valence-corrected chi connectivity index (χ0v) is 12.0. The minimum Gasteiger partial charge on any atom is -0.364 e. The van der Waals surface area contributed by atoms with Crippen LogP contribution in [0.3, 0.4) is 0 Å². The van der Waals surface area contributed by atoms with Crippen LogP contribution in [-0.2, 0) is 0 Å². The Balaban J connectivity index is 1.80. The highest BCUT2D eigenvalue weighted by atomic mass is 16.6. The van der Waals surface area contributed by atoms with Crippen LogP contribution in [0.15, 0.2) is 18.3 Å². The average molecular weight is 289 g/mol. The van der Waals surface area contributed by atoms with E-state index in [4.69, 9.17) is 0 Å². The summed E-state index contributed by atoms with van der Waals surface area (Å²) in [5.41, 5.74) is 0.488. The lowest BCUT2D eigenvalue weighted by molar-refractivity contribution is -0.391. The second kappa shape index (κ2) is 5.67. The van der Waals surface area contributed by atoms with Crippen molar-refractivity contribution in [3.63, 3.8) is 0 Å². The summed E-state index contributed by atoms with van der Waals surface area (Å²) >= 11 is 0. The standard InChI is InChI=1S/C14H19N5O2/c1-10-3-2-4-11(6-5-10)16-12-7-8-13-15-9-14(19(20)21)18(13)17-12/h7-11H,2-6H2,1H3,(H,16,17). The Kier molecular flexibility index (Phi) is 3.72. The number of nitro groups is 1. The lowest BCUT2D eigenvalue weighted by atomic mass is 10.0. The SMILES string of the molecule is CC1CCCC(Nc2ccc3ncc([N+](=O)[O-])n3n2)CC1. The van der Waals surface area contributed by atoms with Gasteiger partial charge in [0.25, 0.3) is 0 Å². The molecule has 1 fully saturated rings. The molecule has 0 aliphatic heterocycles. The number of nitrogens with one attached hydrogen (secondary N) is 1.